The van der Waals surface area contributed by atoms with E-state index in [9.17, 15) is 8.42 Å². The van der Waals surface area contributed by atoms with E-state index in [0.29, 0.717) is 5.75 Å². The fourth-order valence-corrected chi connectivity index (χ4v) is 5.75. The van der Waals surface area contributed by atoms with Crippen molar-refractivity contribution in [1.82, 2.24) is 9.55 Å². The Hall–Kier alpha value is -2.09. The van der Waals surface area contributed by atoms with Gasteiger partial charge < -0.3 is 8.69 Å². The molecule has 0 spiro atoms. The summed E-state index contributed by atoms with van der Waals surface area (Å²) in [4.78, 5) is 4.82. The predicted octanol–water partition coefficient (Wildman–Crippen LogP) is 3.28. The topological polar surface area (TPSA) is 66.1 Å². The number of rotatable bonds is 6. The Morgan fingerprint density at radius 1 is 1.04 bits per heavy atom. The zero-order valence-corrected chi connectivity index (χ0v) is 14.7. The molecule has 1 aromatic heterocycles. The van der Waals surface area contributed by atoms with E-state index in [0.717, 1.165) is 10.5 Å². The van der Waals surface area contributed by atoms with E-state index in [4.69, 9.17) is 0 Å². The Bertz CT molecular complexity index is 894. The summed E-state index contributed by atoms with van der Waals surface area (Å²) in [5.41, 5.74) is 1.04. The summed E-state index contributed by atoms with van der Waals surface area (Å²) in [5.74, 6) is 0.536. The summed E-state index contributed by atoms with van der Waals surface area (Å²) < 4.78 is 31.0. The van der Waals surface area contributed by atoms with E-state index in [1.807, 2.05) is 60.7 Å². The van der Waals surface area contributed by atoms with Crippen LogP contribution >= 0.6 is 0 Å². The molecular weight excluding hydrogens is 342 g/mol. The zero-order chi connectivity index (χ0) is 17.0. The van der Waals surface area contributed by atoms with Crippen molar-refractivity contribution in [2.75, 3.05) is 0 Å². The fourth-order valence-electron chi connectivity index (χ4n) is 2.21. The van der Waals surface area contributed by atoms with E-state index in [1.54, 1.807) is 13.2 Å². The molecule has 0 aliphatic carbocycles. The minimum Gasteiger partial charge on any atom is -0.326 e. The third kappa shape index (κ3) is 3.87. The lowest BCUT2D eigenvalue weighted by atomic mass is 10.2. The van der Waals surface area contributed by atoms with Crippen molar-refractivity contribution in [2.24, 2.45) is 7.05 Å². The van der Waals surface area contributed by atoms with Crippen LogP contribution in [0.5, 0.6) is 0 Å². The third-order valence-corrected chi connectivity index (χ3v) is 7.14. The highest BCUT2D eigenvalue weighted by Crippen LogP contribution is 2.29. The van der Waals surface area contributed by atoms with Crippen molar-refractivity contribution < 1.29 is 8.42 Å². The molecule has 24 heavy (non-hydrogen) atoms. The smallest absolute Gasteiger partial charge is 0.211 e. The standard InChI is InChI=1S/C17H17N3O2S2/c1-20-13-12-18-17(20)24(21,22)19-23(16-10-6-3-7-11-16)14-15-8-4-2-5-9-15/h2-13H,14H2,1H3. The minimum absolute atomic E-state index is 0.0380. The van der Waals surface area contributed by atoms with Gasteiger partial charge >= 0.3 is 0 Å². The van der Waals surface area contributed by atoms with Gasteiger partial charge in [0.2, 0.25) is 5.16 Å². The van der Waals surface area contributed by atoms with Crippen LogP contribution in [0.1, 0.15) is 5.56 Å². The summed E-state index contributed by atoms with van der Waals surface area (Å²) >= 11 is -0.817. The maximum absolute atomic E-state index is 12.6. The first-order valence-electron chi connectivity index (χ1n) is 7.31. The predicted molar refractivity (Wildman–Crippen MR) is 96.0 cm³/mol. The van der Waals surface area contributed by atoms with Gasteiger partial charge in [0.25, 0.3) is 0 Å². The van der Waals surface area contributed by atoms with Gasteiger partial charge in [-0.25, -0.2) is 13.4 Å². The van der Waals surface area contributed by atoms with Crippen molar-refractivity contribution in [3.05, 3.63) is 82.7 Å². The van der Waals surface area contributed by atoms with Gasteiger partial charge in [0.15, 0.2) is 10.0 Å². The van der Waals surface area contributed by atoms with Gasteiger partial charge in [0.1, 0.15) is 10.6 Å². The molecule has 2 aromatic carbocycles. The van der Waals surface area contributed by atoms with Crippen LogP contribution in [0, 0.1) is 0 Å². The molecule has 3 rings (SSSR count). The quantitative estimate of drug-likeness (QED) is 0.635. The molecule has 0 radical (unpaired) electrons. The van der Waals surface area contributed by atoms with Crippen LogP contribution < -0.4 is 0 Å². The Balaban J connectivity index is 1.92. The molecule has 0 aliphatic rings. The molecule has 0 bridgehead atoms. The fraction of sp³-hybridized carbons (Fsp3) is 0.118. The van der Waals surface area contributed by atoms with E-state index in [-0.39, 0.29) is 5.16 Å². The van der Waals surface area contributed by atoms with E-state index in [1.165, 1.54) is 10.8 Å². The zero-order valence-electron chi connectivity index (χ0n) is 13.1. The van der Waals surface area contributed by atoms with Crippen LogP contribution in [0.3, 0.4) is 0 Å². The van der Waals surface area contributed by atoms with Gasteiger partial charge in [-0.15, -0.1) is 0 Å². The number of nitrogens with zero attached hydrogens (tertiary/aromatic N) is 3. The molecule has 3 aromatic rings. The average molecular weight is 359 g/mol. The first-order valence-corrected chi connectivity index (χ1v) is 10.1. The molecule has 0 saturated carbocycles. The van der Waals surface area contributed by atoms with E-state index >= 15 is 0 Å². The molecule has 0 fully saturated rings. The minimum atomic E-state index is -3.83. The second-order valence-electron chi connectivity index (χ2n) is 5.18. The lowest BCUT2D eigenvalue weighted by Crippen LogP contribution is -2.14. The van der Waals surface area contributed by atoms with Crippen LogP contribution in [0.4, 0.5) is 0 Å². The van der Waals surface area contributed by atoms with Crippen LogP contribution in [0.25, 0.3) is 4.13 Å². The number of aryl methyl sites for hydroxylation is 1. The highest BCUT2D eigenvalue weighted by molar-refractivity contribution is 8.14. The number of imidazole rings is 1. The third-order valence-electron chi connectivity index (χ3n) is 3.36. The van der Waals surface area contributed by atoms with Crippen molar-refractivity contribution in [3.8, 4) is 0 Å². The lowest BCUT2D eigenvalue weighted by molar-refractivity contribution is 0.587. The van der Waals surface area contributed by atoms with Gasteiger partial charge in [-0.2, -0.15) is 0 Å². The van der Waals surface area contributed by atoms with Gasteiger partial charge in [0.05, 0.1) is 0 Å². The highest BCUT2D eigenvalue weighted by Gasteiger charge is 2.22. The van der Waals surface area contributed by atoms with Crippen LogP contribution in [-0.2, 0) is 33.9 Å². The van der Waals surface area contributed by atoms with Crippen LogP contribution in [0.15, 0.2) is 83.1 Å². The van der Waals surface area contributed by atoms with Crippen molar-refractivity contribution >= 4 is 21.1 Å². The Kier molecular flexibility index (Phi) is 5.03. The Morgan fingerprint density at radius 2 is 1.67 bits per heavy atom. The van der Waals surface area contributed by atoms with Crippen LogP contribution in [-0.4, -0.2) is 18.0 Å². The van der Waals surface area contributed by atoms with Gasteiger partial charge in [-0.1, -0.05) is 48.5 Å². The summed E-state index contributed by atoms with van der Waals surface area (Å²) in [6.45, 7) is 0. The van der Waals surface area contributed by atoms with Gasteiger partial charge in [0, 0.05) is 25.0 Å². The number of hydrogen-bond donors (Lipinski definition) is 0. The summed E-state index contributed by atoms with van der Waals surface area (Å²) in [6, 6.07) is 19.3. The second kappa shape index (κ2) is 7.21. The molecule has 1 unspecified atom stereocenters. The molecule has 7 heteroatoms. The average Bonchev–Trinajstić information content (AvgIpc) is 3.03. The molecule has 124 valence electrons. The molecule has 5 nitrogen and oxygen atoms in total. The van der Waals surface area contributed by atoms with E-state index < -0.39 is 21.1 Å². The van der Waals surface area contributed by atoms with Crippen molar-refractivity contribution in [1.29, 1.82) is 0 Å². The van der Waals surface area contributed by atoms with Crippen LogP contribution in [0.2, 0.25) is 0 Å². The lowest BCUT2D eigenvalue weighted by Gasteiger charge is -2.21. The van der Waals surface area contributed by atoms with Crippen molar-refractivity contribution in [2.45, 2.75) is 15.8 Å². The highest BCUT2D eigenvalue weighted by atomic mass is 32.3. The summed E-state index contributed by atoms with van der Waals surface area (Å²) in [5, 5.41) is -0.0380. The summed E-state index contributed by atoms with van der Waals surface area (Å²) in [6.07, 6.45) is 3.06. The molecule has 0 aliphatic heterocycles. The largest absolute Gasteiger partial charge is 0.326 e. The maximum Gasteiger partial charge on any atom is 0.211 e. The number of benzene rings is 2. The van der Waals surface area contributed by atoms with Gasteiger partial charge in [-0.05, 0) is 23.2 Å². The maximum atomic E-state index is 12.6. The number of aromatic nitrogens is 2. The second-order valence-corrected chi connectivity index (χ2v) is 8.58. The molecule has 0 saturated heterocycles. The summed E-state index contributed by atoms with van der Waals surface area (Å²) in [7, 11) is -2.18. The Labute approximate surface area is 144 Å². The van der Waals surface area contributed by atoms with Gasteiger partial charge in [-0.3, -0.25) is 0 Å². The normalized spacial score (nSPS) is 12.9. The molecule has 1 heterocycles. The first-order chi connectivity index (χ1) is 11.6. The number of hydrogen-bond acceptors (Lipinski definition) is 3. The molecule has 1 atom stereocenters. The monoisotopic (exact) mass is 359 g/mol. The van der Waals surface area contributed by atoms with E-state index in [2.05, 4.69) is 9.11 Å². The molecular formula is C17H17N3O2S2. The molecule has 0 N–H and O–H groups in total. The SMILES string of the molecule is Cn1ccnc1S(=O)(=O)[N-][S+](Cc1ccccc1)c1ccccc1. The number of sulfonamides is 1. The molecule has 0 amide bonds. The first kappa shape index (κ1) is 16.8. The Morgan fingerprint density at radius 3 is 2.25 bits per heavy atom. The van der Waals surface area contributed by atoms with Crippen molar-refractivity contribution in [3.63, 3.8) is 0 Å².